The third-order valence-electron chi connectivity index (χ3n) is 4.41. The fraction of sp³-hybridized carbons (Fsp3) is 0.200. The van der Waals surface area contributed by atoms with Crippen LogP contribution >= 0.6 is 11.6 Å². The molecule has 3 rings (SSSR count). The zero-order valence-corrected chi connectivity index (χ0v) is 15.3. The highest BCUT2D eigenvalue weighted by atomic mass is 35.5. The van der Waals surface area contributed by atoms with Crippen molar-refractivity contribution in [1.29, 1.82) is 0 Å². The van der Waals surface area contributed by atoms with E-state index in [2.05, 4.69) is 10.2 Å². The van der Waals surface area contributed by atoms with E-state index < -0.39 is 17.7 Å². The Bertz CT molecular complexity index is 998. The minimum atomic E-state index is -0.621. The number of methoxy groups -OCH3 is 1. The summed E-state index contributed by atoms with van der Waals surface area (Å²) in [6.45, 7) is 0. The lowest BCUT2D eigenvalue weighted by molar-refractivity contribution is -0.140. The molecule has 5 nitrogen and oxygen atoms in total. The number of rotatable bonds is 6. The summed E-state index contributed by atoms with van der Waals surface area (Å²) in [6.07, 6.45) is 0.405. The van der Waals surface area contributed by atoms with Crippen LogP contribution in [0.2, 0.25) is 5.02 Å². The SMILES string of the molecule is COC(=O)C[C@H](c1ccc(F)c(Cl)c1)c1c(Cc2ccccc2)[nH][nH]c1=O. The zero-order valence-electron chi connectivity index (χ0n) is 14.6. The number of aromatic amines is 2. The lowest BCUT2D eigenvalue weighted by Crippen LogP contribution is -2.18. The Morgan fingerprint density at radius 2 is 1.93 bits per heavy atom. The van der Waals surface area contributed by atoms with Gasteiger partial charge in [-0.15, -0.1) is 0 Å². The van der Waals surface area contributed by atoms with Gasteiger partial charge in [0.1, 0.15) is 5.82 Å². The maximum atomic E-state index is 13.6. The monoisotopic (exact) mass is 388 g/mol. The van der Waals surface area contributed by atoms with Crippen LogP contribution in [0.15, 0.2) is 53.3 Å². The maximum absolute atomic E-state index is 13.6. The zero-order chi connectivity index (χ0) is 19.4. The summed E-state index contributed by atoms with van der Waals surface area (Å²) in [6, 6.07) is 13.8. The van der Waals surface area contributed by atoms with E-state index in [1.54, 1.807) is 0 Å². The van der Waals surface area contributed by atoms with Crippen molar-refractivity contribution in [3.63, 3.8) is 0 Å². The molecule has 1 heterocycles. The summed E-state index contributed by atoms with van der Waals surface area (Å²) in [4.78, 5) is 24.5. The van der Waals surface area contributed by atoms with Crippen LogP contribution in [-0.2, 0) is 16.0 Å². The fourth-order valence-corrected chi connectivity index (χ4v) is 3.27. The Labute approximate surface area is 160 Å². The van der Waals surface area contributed by atoms with Crippen molar-refractivity contribution in [2.45, 2.75) is 18.8 Å². The van der Waals surface area contributed by atoms with E-state index in [9.17, 15) is 14.0 Å². The van der Waals surface area contributed by atoms with Crippen LogP contribution in [-0.4, -0.2) is 23.3 Å². The third-order valence-corrected chi connectivity index (χ3v) is 4.70. The first-order valence-corrected chi connectivity index (χ1v) is 8.72. The van der Waals surface area contributed by atoms with Crippen LogP contribution in [0.3, 0.4) is 0 Å². The molecule has 1 aromatic heterocycles. The van der Waals surface area contributed by atoms with Gasteiger partial charge < -0.3 is 9.84 Å². The van der Waals surface area contributed by atoms with E-state index in [1.807, 2.05) is 30.3 Å². The molecule has 3 aromatic rings. The Balaban J connectivity index is 2.06. The number of ether oxygens (including phenoxy) is 1. The summed E-state index contributed by atoms with van der Waals surface area (Å²) < 4.78 is 18.4. The predicted octanol–water partition coefficient (Wildman–Crippen LogP) is 3.78. The first-order valence-electron chi connectivity index (χ1n) is 8.34. The van der Waals surface area contributed by atoms with Crippen LogP contribution in [0, 0.1) is 5.82 Å². The predicted molar refractivity (Wildman–Crippen MR) is 101 cm³/mol. The molecule has 2 N–H and O–H groups in total. The average molecular weight is 389 g/mol. The molecule has 7 heteroatoms. The lowest BCUT2D eigenvalue weighted by Gasteiger charge is -2.17. The molecular formula is C20H18ClFN2O3. The Hall–Kier alpha value is -2.86. The number of esters is 1. The summed E-state index contributed by atoms with van der Waals surface area (Å²) in [5.41, 5.74) is 2.29. The van der Waals surface area contributed by atoms with Crippen LogP contribution in [0.4, 0.5) is 4.39 Å². The molecular weight excluding hydrogens is 371 g/mol. The molecule has 0 saturated heterocycles. The molecule has 0 amide bonds. The molecule has 140 valence electrons. The second-order valence-electron chi connectivity index (χ2n) is 6.14. The molecule has 0 aliphatic carbocycles. The molecule has 2 aromatic carbocycles. The van der Waals surface area contributed by atoms with Crippen molar-refractivity contribution in [3.05, 3.63) is 92.1 Å². The highest BCUT2D eigenvalue weighted by Gasteiger charge is 2.26. The first-order chi connectivity index (χ1) is 13.0. The minimum absolute atomic E-state index is 0.0683. The van der Waals surface area contributed by atoms with E-state index in [1.165, 1.54) is 25.3 Å². The highest BCUT2D eigenvalue weighted by Crippen LogP contribution is 2.31. The number of H-pyrrole nitrogens is 2. The van der Waals surface area contributed by atoms with E-state index in [-0.39, 0.29) is 17.0 Å². The number of aromatic nitrogens is 2. The van der Waals surface area contributed by atoms with Gasteiger partial charge in [-0.25, -0.2) is 4.39 Å². The van der Waals surface area contributed by atoms with Gasteiger partial charge >= 0.3 is 5.97 Å². The van der Waals surface area contributed by atoms with Crippen LogP contribution < -0.4 is 5.56 Å². The van der Waals surface area contributed by atoms with Crippen LogP contribution in [0.1, 0.15) is 34.7 Å². The quantitative estimate of drug-likeness (QED) is 0.631. The van der Waals surface area contributed by atoms with Gasteiger partial charge in [-0.1, -0.05) is 48.0 Å². The van der Waals surface area contributed by atoms with E-state index in [0.29, 0.717) is 23.2 Å². The Morgan fingerprint density at radius 3 is 2.59 bits per heavy atom. The van der Waals surface area contributed by atoms with Gasteiger partial charge in [-0.2, -0.15) is 0 Å². The molecule has 0 saturated carbocycles. The number of halogens is 2. The number of carbonyl (C=O) groups is 1. The van der Waals surface area contributed by atoms with Gasteiger partial charge in [0.05, 0.1) is 18.6 Å². The molecule has 0 unspecified atom stereocenters. The number of nitrogens with one attached hydrogen (secondary N) is 2. The summed E-state index contributed by atoms with van der Waals surface area (Å²) in [5, 5.41) is 5.41. The maximum Gasteiger partial charge on any atom is 0.306 e. The second-order valence-corrected chi connectivity index (χ2v) is 6.55. The number of benzene rings is 2. The molecule has 0 aliphatic heterocycles. The highest BCUT2D eigenvalue weighted by molar-refractivity contribution is 6.30. The number of carbonyl (C=O) groups excluding carboxylic acids is 1. The normalized spacial score (nSPS) is 12.0. The molecule has 0 fully saturated rings. The Morgan fingerprint density at radius 1 is 1.19 bits per heavy atom. The summed E-state index contributed by atoms with van der Waals surface area (Å²) in [5.74, 6) is -1.67. The Kier molecular flexibility index (Phi) is 5.76. The van der Waals surface area contributed by atoms with E-state index >= 15 is 0 Å². The minimum Gasteiger partial charge on any atom is -0.469 e. The third kappa shape index (κ3) is 4.28. The van der Waals surface area contributed by atoms with E-state index in [0.717, 1.165) is 5.56 Å². The van der Waals surface area contributed by atoms with Crippen molar-refractivity contribution in [1.82, 2.24) is 10.2 Å². The smallest absolute Gasteiger partial charge is 0.306 e. The van der Waals surface area contributed by atoms with Crippen molar-refractivity contribution in [3.8, 4) is 0 Å². The van der Waals surface area contributed by atoms with E-state index in [4.69, 9.17) is 16.3 Å². The summed E-state index contributed by atoms with van der Waals surface area (Å²) in [7, 11) is 1.28. The van der Waals surface area contributed by atoms with Crippen molar-refractivity contribution in [2.24, 2.45) is 0 Å². The summed E-state index contributed by atoms with van der Waals surface area (Å²) >= 11 is 5.91. The lowest BCUT2D eigenvalue weighted by atomic mass is 9.87. The molecule has 1 atom stereocenters. The molecule has 27 heavy (non-hydrogen) atoms. The topological polar surface area (TPSA) is 75.0 Å². The van der Waals surface area contributed by atoms with Crippen LogP contribution in [0.25, 0.3) is 0 Å². The molecule has 0 bridgehead atoms. The van der Waals surface area contributed by atoms with Crippen LogP contribution in [0.5, 0.6) is 0 Å². The van der Waals surface area contributed by atoms with Gasteiger partial charge in [0.25, 0.3) is 5.56 Å². The van der Waals surface area contributed by atoms with Gasteiger partial charge in [0, 0.05) is 23.6 Å². The second kappa shape index (κ2) is 8.22. The number of hydrogen-bond donors (Lipinski definition) is 2. The average Bonchev–Trinajstić information content (AvgIpc) is 3.02. The van der Waals surface area contributed by atoms with Gasteiger partial charge in [-0.3, -0.25) is 14.7 Å². The van der Waals surface area contributed by atoms with Gasteiger partial charge in [0.15, 0.2) is 0 Å². The van der Waals surface area contributed by atoms with Gasteiger partial charge in [-0.05, 0) is 23.3 Å². The molecule has 0 radical (unpaired) electrons. The fourth-order valence-electron chi connectivity index (χ4n) is 3.08. The van der Waals surface area contributed by atoms with Crippen molar-refractivity contribution >= 4 is 17.6 Å². The standard InChI is InChI=1S/C20H18ClFN2O3/c1-27-18(25)11-14(13-7-8-16(22)15(21)10-13)19-17(23-24-20(19)26)9-12-5-3-2-4-6-12/h2-8,10,14H,9,11H2,1H3,(H2,23,24,26)/t14-/m1/s1. The van der Waals surface area contributed by atoms with Crippen molar-refractivity contribution < 1.29 is 13.9 Å². The largest absolute Gasteiger partial charge is 0.469 e. The molecule has 0 spiro atoms. The number of hydrogen-bond acceptors (Lipinski definition) is 3. The molecule has 0 aliphatic rings. The van der Waals surface area contributed by atoms with Gasteiger partial charge in [0.2, 0.25) is 0 Å². The first kappa shape index (κ1) is 18.9. The van der Waals surface area contributed by atoms with Crippen molar-refractivity contribution in [2.75, 3.05) is 7.11 Å².